The van der Waals surface area contributed by atoms with Crippen LogP contribution in [-0.4, -0.2) is 50.8 Å². The van der Waals surface area contributed by atoms with Crippen molar-refractivity contribution in [2.24, 2.45) is 5.92 Å². The summed E-state index contributed by atoms with van der Waals surface area (Å²) in [5.41, 5.74) is 0. The number of ether oxygens (including phenoxy) is 1. The summed E-state index contributed by atoms with van der Waals surface area (Å²) in [6, 6.07) is 0.765. The molecule has 2 aliphatic rings. The van der Waals surface area contributed by atoms with Gasteiger partial charge in [-0.2, -0.15) is 0 Å². The van der Waals surface area contributed by atoms with E-state index < -0.39 is 0 Å². The predicted molar refractivity (Wildman–Crippen MR) is 75.9 cm³/mol. The molecule has 0 aromatic rings. The van der Waals surface area contributed by atoms with Crippen LogP contribution in [0.15, 0.2) is 0 Å². The van der Waals surface area contributed by atoms with E-state index in [1.54, 1.807) is 7.11 Å². The third-order valence-electron chi connectivity index (χ3n) is 4.58. The van der Waals surface area contributed by atoms with E-state index in [0.29, 0.717) is 0 Å². The summed E-state index contributed by atoms with van der Waals surface area (Å²) in [6.45, 7) is 5.87. The Morgan fingerprint density at radius 2 is 2.00 bits per heavy atom. The van der Waals surface area contributed by atoms with Crippen LogP contribution < -0.4 is 5.32 Å². The zero-order valence-electron chi connectivity index (χ0n) is 12.0. The highest BCUT2D eigenvalue weighted by Crippen LogP contribution is 2.27. The molecule has 0 bridgehead atoms. The molecule has 1 aliphatic carbocycles. The van der Waals surface area contributed by atoms with Crippen LogP contribution in [0.3, 0.4) is 0 Å². The average molecular weight is 254 g/mol. The molecule has 2 rings (SSSR count). The van der Waals surface area contributed by atoms with Crippen molar-refractivity contribution in [2.45, 2.75) is 51.0 Å². The molecule has 1 unspecified atom stereocenters. The molecule has 2 fully saturated rings. The second kappa shape index (κ2) is 8.13. The second-order valence-corrected chi connectivity index (χ2v) is 5.96. The van der Waals surface area contributed by atoms with Crippen LogP contribution in [0.1, 0.15) is 44.9 Å². The normalized spacial score (nSPS) is 27.5. The second-order valence-electron chi connectivity index (χ2n) is 5.96. The first-order valence-corrected chi connectivity index (χ1v) is 7.85. The molecule has 0 aromatic heterocycles. The summed E-state index contributed by atoms with van der Waals surface area (Å²) in [6.07, 6.45) is 9.77. The van der Waals surface area contributed by atoms with E-state index >= 15 is 0 Å². The first-order chi connectivity index (χ1) is 8.90. The van der Waals surface area contributed by atoms with Crippen molar-refractivity contribution < 1.29 is 4.74 Å². The van der Waals surface area contributed by atoms with E-state index in [9.17, 15) is 0 Å². The number of hydrogen-bond acceptors (Lipinski definition) is 3. The van der Waals surface area contributed by atoms with Crippen molar-refractivity contribution in [3.05, 3.63) is 0 Å². The monoisotopic (exact) mass is 254 g/mol. The molecule has 1 saturated heterocycles. The minimum absolute atomic E-state index is 0.765. The number of methoxy groups -OCH3 is 1. The van der Waals surface area contributed by atoms with Gasteiger partial charge in [0.25, 0.3) is 0 Å². The zero-order chi connectivity index (χ0) is 12.6. The maximum Gasteiger partial charge on any atom is 0.0462 e. The smallest absolute Gasteiger partial charge is 0.0462 e. The van der Waals surface area contributed by atoms with Gasteiger partial charge >= 0.3 is 0 Å². The van der Waals surface area contributed by atoms with E-state index in [4.69, 9.17) is 4.74 Å². The zero-order valence-corrected chi connectivity index (χ0v) is 12.0. The maximum atomic E-state index is 5.12. The summed E-state index contributed by atoms with van der Waals surface area (Å²) in [4.78, 5) is 2.66. The lowest BCUT2D eigenvalue weighted by atomic mass is 9.83. The maximum absolute atomic E-state index is 5.12. The fraction of sp³-hybridized carbons (Fsp3) is 1.00. The minimum atomic E-state index is 0.765. The fourth-order valence-corrected chi connectivity index (χ4v) is 3.48. The Balaban J connectivity index is 1.67. The summed E-state index contributed by atoms with van der Waals surface area (Å²) >= 11 is 0. The molecule has 0 amide bonds. The van der Waals surface area contributed by atoms with Gasteiger partial charge in [0.2, 0.25) is 0 Å². The Hall–Kier alpha value is -0.120. The Kier molecular flexibility index (Phi) is 6.46. The number of nitrogens with one attached hydrogen (secondary N) is 1. The molecule has 0 aromatic carbocycles. The molecule has 106 valence electrons. The van der Waals surface area contributed by atoms with Crippen molar-refractivity contribution in [3.8, 4) is 0 Å². The molecular weight excluding hydrogens is 224 g/mol. The van der Waals surface area contributed by atoms with E-state index in [-0.39, 0.29) is 0 Å². The van der Waals surface area contributed by atoms with E-state index in [1.165, 1.54) is 71.1 Å². The molecule has 1 N–H and O–H groups in total. The van der Waals surface area contributed by atoms with Crippen LogP contribution in [0.5, 0.6) is 0 Å². The highest BCUT2D eigenvalue weighted by Gasteiger charge is 2.27. The summed E-state index contributed by atoms with van der Waals surface area (Å²) < 4.78 is 5.12. The van der Waals surface area contributed by atoms with Crippen LogP contribution in [0, 0.1) is 5.92 Å². The number of unbranched alkanes of at least 4 members (excludes halogenated alkanes) is 1. The highest BCUT2D eigenvalue weighted by atomic mass is 16.5. The fourth-order valence-electron chi connectivity index (χ4n) is 3.48. The van der Waals surface area contributed by atoms with Gasteiger partial charge in [-0.1, -0.05) is 19.3 Å². The van der Waals surface area contributed by atoms with Gasteiger partial charge in [0.1, 0.15) is 0 Å². The molecule has 0 spiro atoms. The molecule has 1 aliphatic heterocycles. The van der Waals surface area contributed by atoms with Gasteiger partial charge in [-0.15, -0.1) is 0 Å². The Morgan fingerprint density at radius 1 is 1.17 bits per heavy atom. The minimum Gasteiger partial charge on any atom is -0.385 e. The van der Waals surface area contributed by atoms with Gasteiger partial charge in [-0.25, -0.2) is 0 Å². The van der Waals surface area contributed by atoms with E-state index in [1.807, 2.05) is 0 Å². The lowest BCUT2D eigenvalue weighted by Crippen LogP contribution is -2.54. The van der Waals surface area contributed by atoms with Crippen molar-refractivity contribution in [1.29, 1.82) is 0 Å². The molecule has 1 atom stereocenters. The predicted octanol–water partition coefficient (Wildman–Crippen LogP) is 2.27. The van der Waals surface area contributed by atoms with Crippen LogP contribution in [0.2, 0.25) is 0 Å². The van der Waals surface area contributed by atoms with Crippen molar-refractivity contribution >= 4 is 0 Å². The first kappa shape index (κ1) is 14.3. The average Bonchev–Trinajstić information content (AvgIpc) is 2.45. The number of rotatable bonds is 6. The highest BCUT2D eigenvalue weighted by molar-refractivity contribution is 4.85. The third-order valence-corrected chi connectivity index (χ3v) is 4.58. The number of piperazine rings is 1. The number of hydrogen-bond donors (Lipinski definition) is 1. The van der Waals surface area contributed by atoms with Crippen molar-refractivity contribution in [1.82, 2.24) is 10.2 Å². The van der Waals surface area contributed by atoms with Crippen LogP contribution in [0.25, 0.3) is 0 Å². The SMILES string of the molecule is COCCCCN1CCNC(C2CCCCC2)C1. The molecular formula is C15H30N2O. The van der Waals surface area contributed by atoms with E-state index in [2.05, 4.69) is 10.2 Å². The quantitative estimate of drug-likeness (QED) is 0.736. The Labute approximate surface area is 112 Å². The van der Waals surface area contributed by atoms with Crippen LogP contribution >= 0.6 is 0 Å². The van der Waals surface area contributed by atoms with E-state index in [0.717, 1.165) is 18.6 Å². The van der Waals surface area contributed by atoms with Crippen molar-refractivity contribution in [3.63, 3.8) is 0 Å². The molecule has 3 heteroatoms. The molecule has 18 heavy (non-hydrogen) atoms. The van der Waals surface area contributed by atoms with Gasteiger partial charge in [-0.3, -0.25) is 0 Å². The summed E-state index contributed by atoms with van der Waals surface area (Å²) in [5.74, 6) is 0.945. The van der Waals surface area contributed by atoms with Gasteiger partial charge in [0, 0.05) is 39.4 Å². The van der Waals surface area contributed by atoms with Gasteiger partial charge < -0.3 is 15.0 Å². The van der Waals surface area contributed by atoms with Crippen molar-refractivity contribution in [2.75, 3.05) is 39.9 Å². The molecule has 0 radical (unpaired) electrons. The largest absolute Gasteiger partial charge is 0.385 e. The molecule has 1 heterocycles. The molecule has 1 saturated carbocycles. The third kappa shape index (κ3) is 4.52. The first-order valence-electron chi connectivity index (χ1n) is 7.85. The Morgan fingerprint density at radius 3 is 2.78 bits per heavy atom. The topological polar surface area (TPSA) is 24.5 Å². The van der Waals surface area contributed by atoms with Crippen LogP contribution in [0.4, 0.5) is 0 Å². The van der Waals surface area contributed by atoms with Gasteiger partial charge in [0.15, 0.2) is 0 Å². The lowest BCUT2D eigenvalue weighted by Gasteiger charge is -2.39. The lowest BCUT2D eigenvalue weighted by molar-refractivity contribution is 0.138. The Bertz CT molecular complexity index is 217. The molecule has 3 nitrogen and oxygen atoms in total. The van der Waals surface area contributed by atoms with Gasteiger partial charge in [0.05, 0.1) is 0 Å². The summed E-state index contributed by atoms with van der Waals surface area (Å²) in [7, 11) is 1.80. The van der Waals surface area contributed by atoms with Gasteiger partial charge in [-0.05, 0) is 38.1 Å². The van der Waals surface area contributed by atoms with Crippen LogP contribution in [-0.2, 0) is 4.74 Å². The number of nitrogens with zero attached hydrogens (tertiary/aromatic N) is 1. The standard InChI is InChI=1S/C15H30N2O/c1-18-12-6-5-10-17-11-9-16-15(13-17)14-7-3-2-4-8-14/h14-16H,2-13H2,1H3. The summed E-state index contributed by atoms with van der Waals surface area (Å²) in [5, 5.41) is 3.75.